The second-order valence-corrected chi connectivity index (χ2v) is 5.31. The molecular weight excluding hydrogens is 332 g/mol. The molecule has 2 aromatic rings. The molecule has 0 unspecified atom stereocenters. The zero-order valence-corrected chi connectivity index (χ0v) is 13.6. The standard InChI is InChI=1S/C15H17BrN4O/c1-3-9-11(4-2)19-20-15(13(9)14(17)18)21-12-8-6-5-7-10(12)16/h5-8H,3-4H2,1-2H3,(H3,17,18). The molecule has 0 spiro atoms. The first-order chi connectivity index (χ1) is 10.1. The number of nitrogen functional groups attached to an aromatic ring is 1. The normalized spacial score (nSPS) is 10.4. The second-order valence-electron chi connectivity index (χ2n) is 4.46. The topological polar surface area (TPSA) is 84.9 Å². The monoisotopic (exact) mass is 348 g/mol. The molecule has 0 fully saturated rings. The minimum Gasteiger partial charge on any atom is -0.436 e. The maximum Gasteiger partial charge on any atom is 0.250 e. The Morgan fingerprint density at radius 1 is 1.24 bits per heavy atom. The lowest BCUT2D eigenvalue weighted by atomic mass is 10.0. The molecule has 1 aromatic carbocycles. The summed E-state index contributed by atoms with van der Waals surface area (Å²) in [6.45, 7) is 4.01. The van der Waals surface area contributed by atoms with Gasteiger partial charge < -0.3 is 10.5 Å². The van der Waals surface area contributed by atoms with Gasteiger partial charge in [0.2, 0.25) is 5.88 Å². The molecular formula is C15H17BrN4O. The summed E-state index contributed by atoms with van der Waals surface area (Å²) in [4.78, 5) is 0. The van der Waals surface area contributed by atoms with E-state index in [1.807, 2.05) is 38.1 Å². The van der Waals surface area contributed by atoms with Gasteiger partial charge in [0.1, 0.15) is 11.6 Å². The fraction of sp³-hybridized carbons (Fsp3) is 0.267. The van der Waals surface area contributed by atoms with Crippen molar-refractivity contribution in [2.24, 2.45) is 5.73 Å². The predicted molar refractivity (Wildman–Crippen MR) is 86.0 cm³/mol. The van der Waals surface area contributed by atoms with Gasteiger partial charge in [0, 0.05) is 0 Å². The maximum absolute atomic E-state index is 7.83. The van der Waals surface area contributed by atoms with Gasteiger partial charge in [-0.3, -0.25) is 5.41 Å². The number of aromatic nitrogens is 2. The van der Waals surface area contributed by atoms with Crippen molar-refractivity contribution in [3.8, 4) is 11.6 Å². The van der Waals surface area contributed by atoms with Crippen LogP contribution in [0.4, 0.5) is 0 Å². The number of hydrogen-bond acceptors (Lipinski definition) is 4. The van der Waals surface area contributed by atoms with Crippen molar-refractivity contribution in [2.45, 2.75) is 26.7 Å². The fourth-order valence-corrected chi connectivity index (χ4v) is 2.50. The van der Waals surface area contributed by atoms with E-state index in [-0.39, 0.29) is 11.7 Å². The highest BCUT2D eigenvalue weighted by Gasteiger charge is 2.19. The van der Waals surface area contributed by atoms with E-state index in [0.717, 1.165) is 28.6 Å². The van der Waals surface area contributed by atoms with E-state index >= 15 is 0 Å². The number of ether oxygens (including phenoxy) is 1. The van der Waals surface area contributed by atoms with Gasteiger partial charge in [-0.2, -0.15) is 5.10 Å². The largest absolute Gasteiger partial charge is 0.436 e. The lowest BCUT2D eigenvalue weighted by molar-refractivity contribution is 0.448. The average Bonchev–Trinajstić information content (AvgIpc) is 2.48. The van der Waals surface area contributed by atoms with Crippen LogP contribution >= 0.6 is 15.9 Å². The molecule has 0 aliphatic carbocycles. The van der Waals surface area contributed by atoms with Crippen molar-refractivity contribution in [3.63, 3.8) is 0 Å². The van der Waals surface area contributed by atoms with Crippen LogP contribution in [0.25, 0.3) is 0 Å². The number of nitrogens with zero attached hydrogens (tertiary/aromatic N) is 2. The number of para-hydroxylation sites is 1. The molecule has 0 aliphatic heterocycles. The molecule has 21 heavy (non-hydrogen) atoms. The number of aryl methyl sites for hydroxylation is 1. The maximum atomic E-state index is 7.83. The van der Waals surface area contributed by atoms with Crippen molar-refractivity contribution in [3.05, 3.63) is 45.6 Å². The molecule has 0 aliphatic rings. The van der Waals surface area contributed by atoms with Gasteiger partial charge in [-0.1, -0.05) is 26.0 Å². The number of nitrogens with two attached hydrogens (primary N) is 1. The highest BCUT2D eigenvalue weighted by Crippen LogP contribution is 2.31. The Bertz CT molecular complexity index is 673. The molecule has 5 nitrogen and oxygen atoms in total. The zero-order chi connectivity index (χ0) is 15.4. The molecule has 0 saturated heterocycles. The Hall–Kier alpha value is -1.95. The third kappa shape index (κ3) is 3.21. The van der Waals surface area contributed by atoms with Crippen molar-refractivity contribution >= 4 is 21.8 Å². The van der Waals surface area contributed by atoms with E-state index in [9.17, 15) is 0 Å². The number of rotatable bonds is 5. The van der Waals surface area contributed by atoms with Crippen molar-refractivity contribution < 1.29 is 4.74 Å². The highest BCUT2D eigenvalue weighted by molar-refractivity contribution is 9.10. The Morgan fingerprint density at radius 3 is 2.52 bits per heavy atom. The molecule has 110 valence electrons. The van der Waals surface area contributed by atoms with Crippen LogP contribution in [0.5, 0.6) is 11.6 Å². The summed E-state index contributed by atoms with van der Waals surface area (Å²) in [6, 6.07) is 7.45. The number of hydrogen-bond donors (Lipinski definition) is 2. The quantitative estimate of drug-likeness (QED) is 0.640. The molecule has 0 atom stereocenters. The Labute approximate surface area is 132 Å². The van der Waals surface area contributed by atoms with Gasteiger partial charge in [0.25, 0.3) is 0 Å². The summed E-state index contributed by atoms with van der Waals surface area (Å²) >= 11 is 3.42. The summed E-state index contributed by atoms with van der Waals surface area (Å²) in [5.41, 5.74) is 8.03. The zero-order valence-electron chi connectivity index (χ0n) is 12.0. The molecule has 0 saturated carbocycles. The van der Waals surface area contributed by atoms with E-state index < -0.39 is 0 Å². The van der Waals surface area contributed by atoms with Crippen LogP contribution in [0.1, 0.15) is 30.7 Å². The Balaban J connectivity index is 2.54. The summed E-state index contributed by atoms with van der Waals surface area (Å²) in [6.07, 6.45) is 1.46. The lowest BCUT2D eigenvalue weighted by Gasteiger charge is -2.15. The van der Waals surface area contributed by atoms with Gasteiger partial charge in [-0.05, 0) is 46.5 Å². The van der Waals surface area contributed by atoms with E-state index in [4.69, 9.17) is 15.9 Å². The van der Waals surface area contributed by atoms with Crippen molar-refractivity contribution in [1.29, 1.82) is 5.41 Å². The van der Waals surface area contributed by atoms with Crippen LogP contribution in [-0.4, -0.2) is 16.0 Å². The molecule has 0 bridgehead atoms. The third-order valence-electron chi connectivity index (χ3n) is 3.13. The van der Waals surface area contributed by atoms with Crippen molar-refractivity contribution in [2.75, 3.05) is 0 Å². The average molecular weight is 349 g/mol. The molecule has 0 radical (unpaired) electrons. The minimum atomic E-state index is -0.0569. The van der Waals surface area contributed by atoms with Gasteiger partial charge in [0.05, 0.1) is 15.7 Å². The van der Waals surface area contributed by atoms with Crippen LogP contribution in [0.15, 0.2) is 28.7 Å². The van der Waals surface area contributed by atoms with Crippen LogP contribution in [0.3, 0.4) is 0 Å². The first-order valence-electron chi connectivity index (χ1n) is 6.73. The first-order valence-corrected chi connectivity index (χ1v) is 7.52. The molecule has 6 heteroatoms. The number of benzene rings is 1. The molecule has 3 N–H and O–H groups in total. The van der Waals surface area contributed by atoms with Gasteiger partial charge in [-0.15, -0.1) is 5.10 Å². The SMILES string of the molecule is CCc1nnc(Oc2ccccc2Br)c(C(=N)N)c1CC. The summed E-state index contributed by atoms with van der Waals surface area (Å²) in [5, 5.41) is 16.1. The summed E-state index contributed by atoms with van der Waals surface area (Å²) < 4.78 is 6.61. The number of nitrogens with one attached hydrogen (secondary N) is 1. The van der Waals surface area contributed by atoms with Crippen LogP contribution in [-0.2, 0) is 12.8 Å². The minimum absolute atomic E-state index is 0.0569. The predicted octanol–water partition coefficient (Wildman–Crippen LogP) is 3.44. The summed E-state index contributed by atoms with van der Waals surface area (Å²) in [5.74, 6) is 0.822. The van der Waals surface area contributed by atoms with Crippen LogP contribution in [0.2, 0.25) is 0 Å². The van der Waals surface area contributed by atoms with Crippen LogP contribution in [0, 0.1) is 5.41 Å². The van der Waals surface area contributed by atoms with Crippen molar-refractivity contribution in [1.82, 2.24) is 10.2 Å². The van der Waals surface area contributed by atoms with Gasteiger partial charge in [0.15, 0.2) is 0 Å². The van der Waals surface area contributed by atoms with E-state index in [1.54, 1.807) is 0 Å². The van der Waals surface area contributed by atoms with E-state index in [0.29, 0.717) is 11.3 Å². The Kier molecular flexibility index (Phi) is 4.90. The lowest BCUT2D eigenvalue weighted by Crippen LogP contribution is -2.18. The van der Waals surface area contributed by atoms with Crippen LogP contribution < -0.4 is 10.5 Å². The number of amidine groups is 1. The van der Waals surface area contributed by atoms with E-state index in [1.165, 1.54) is 0 Å². The second kappa shape index (κ2) is 6.67. The van der Waals surface area contributed by atoms with E-state index in [2.05, 4.69) is 26.1 Å². The smallest absolute Gasteiger partial charge is 0.250 e. The Morgan fingerprint density at radius 2 is 1.95 bits per heavy atom. The molecule has 1 aromatic heterocycles. The van der Waals surface area contributed by atoms with Gasteiger partial charge in [-0.25, -0.2) is 0 Å². The van der Waals surface area contributed by atoms with Gasteiger partial charge >= 0.3 is 0 Å². The molecule has 1 heterocycles. The molecule has 2 rings (SSSR count). The fourth-order valence-electron chi connectivity index (χ4n) is 2.14. The highest BCUT2D eigenvalue weighted by atomic mass is 79.9. The first kappa shape index (κ1) is 15.4. The number of halogens is 1. The molecule has 0 amide bonds. The third-order valence-corrected chi connectivity index (χ3v) is 3.78. The summed E-state index contributed by atoms with van der Waals surface area (Å²) in [7, 11) is 0.